The molecule has 0 aliphatic heterocycles. The molecule has 0 spiro atoms. The summed E-state index contributed by atoms with van der Waals surface area (Å²) in [7, 11) is 4.11. The Labute approximate surface area is 113 Å². The van der Waals surface area contributed by atoms with E-state index in [2.05, 4.69) is 31.2 Å². The molecule has 96 valence electrons. The van der Waals surface area contributed by atoms with Crippen molar-refractivity contribution in [3.63, 3.8) is 0 Å². The molecule has 3 nitrogen and oxygen atoms in total. The highest BCUT2D eigenvalue weighted by atomic mass is 35.5. The summed E-state index contributed by atoms with van der Waals surface area (Å²) in [6.07, 6.45) is 1.03. The standard InChI is InChI=1S/C12H19Cl2N3/c1-8(4-5-17(2)3)16-12-7-10(14)9(13)6-11(12)15/h6-8,16H,4-5,15H2,1-3H3. The highest BCUT2D eigenvalue weighted by Crippen LogP contribution is 2.31. The van der Waals surface area contributed by atoms with Gasteiger partial charge >= 0.3 is 0 Å². The Kier molecular flexibility index (Phi) is 5.37. The number of anilines is 2. The topological polar surface area (TPSA) is 41.3 Å². The lowest BCUT2D eigenvalue weighted by molar-refractivity contribution is 0.390. The summed E-state index contributed by atoms with van der Waals surface area (Å²) in [6, 6.07) is 3.77. The molecule has 0 radical (unpaired) electrons. The summed E-state index contributed by atoms with van der Waals surface area (Å²) >= 11 is 11.8. The molecule has 1 aromatic rings. The molecular weight excluding hydrogens is 257 g/mol. The minimum Gasteiger partial charge on any atom is -0.397 e. The number of halogens is 2. The number of nitrogens with two attached hydrogens (primary N) is 1. The van der Waals surface area contributed by atoms with Crippen molar-refractivity contribution in [2.45, 2.75) is 19.4 Å². The van der Waals surface area contributed by atoms with Gasteiger partial charge in [-0.2, -0.15) is 0 Å². The van der Waals surface area contributed by atoms with Gasteiger partial charge in [-0.3, -0.25) is 0 Å². The Morgan fingerprint density at radius 2 is 1.88 bits per heavy atom. The van der Waals surface area contributed by atoms with Crippen molar-refractivity contribution in [3.05, 3.63) is 22.2 Å². The van der Waals surface area contributed by atoms with Crippen LogP contribution >= 0.6 is 23.2 Å². The van der Waals surface area contributed by atoms with Gasteiger partial charge in [0.25, 0.3) is 0 Å². The number of hydrogen-bond donors (Lipinski definition) is 2. The van der Waals surface area contributed by atoms with Crippen molar-refractivity contribution in [3.8, 4) is 0 Å². The molecule has 1 rings (SSSR count). The Bertz CT molecular complexity index is 380. The lowest BCUT2D eigenvalue weighted by Crippen LogP contribution is -2.23. The molecule has 0 heterocycles. The third kappa shape index (κ3) is 4.62. The maximum atomic E-state index is 5.96. The van der Waals surface area contributed by atoms with E-state index in [0.29, 0.717) is 21.8 Å². The van der Waals surface area contributed by atoms with E-state index < -0.39 is 0 Å². The number of rotatable bonds is 5. The zero-order valence-corrected chi connectivity index (χ0v) is 11.9. The average Bonchev–Trinajstić information content (AvgIpc) is 2.23. The van der Waals surface area contributed by atoms with E-state index in [1.165, 1.54) is 0 Å². The predicted octanol–water partition coefficient (Wildman–Crippen LogP) is 3.33. The number of nitrogens with one attached hydrogen (secondary N) is 1. The second-order valence-electron chi connectivity index (χ2n) is 4.49. The molecule has 0 amide bonds. The Morgan fingerprint density at radius 3 is 2.47 bits per heavy atom. The van der Waals surface area contributed by atoms with E-state index in [0.717, 1.165) is 18.7 Å². The van der Waals surface area contributed by atoms with Crippen LogP contribution in [0.5, 0.6) is 0 Å². The third-order valence-electron chi connectivity index (χ3n) is 2.50. The van der Waals surface area contributed by atoms with Crippen LogP contribution in [0.1, 0.15) is 13.3 Å². The fraction of sp³-hybridized carbons (Fsp3) is 0.500. The largest absolute Gasteiger partial charge is 0.397 e. The van der Waals surface area contributed by atoms with Crippen molar-refractivity contribution in [2.75, 3.05) is 31.7 Å². The van der Waals surface area contributed by atoms with E-state index in [9.17, 15) is 0 Å². The van der Waals surface area contributed by atoms with Gasteiger partial charge in [-0.1, -0.05) is 23.2 Å². The summed E-state index contributed by atoms with van der Waals surface area (Å²) in [4.78, 5) is 2.15. The zero-order valence-electron chi connectivity index (χ0n) is 10.4. The van der Waals surface area contributed by atoms with Crippen LogP contribution < -0.4 is 11.1 Å². The maximum absolute atomic E-state index is 5.96. The molecular formula is C12H19Cl2N3. The molecule has 17 heavy (non-hydrogen) atoms. The summed E-state index contributed by atoms with van der Waals surface area (Å²) < 4.78 is 0. The van der Waals surface area contributed by atoms with E-state index in [1.54, 1.807) is 12.1 Å². The number of benzene rings is 1. The molecule has 0 fully saturated rings. The van der Waals surface area contributed by atoms with Crippen LogP contribution in [0, 0.1) is 0 Å². The summed E-state index contributed by atoms with van der Waals surface area (Å²) in [5.74, 6) is 0. The lowest BCUT2D eigenvalue weighted by atomic mass is 10.2. The third-order valence-corrected chi connectivity index (χ3v) is 3.23. The first-order valence-electron chi connectivity index (χ1n) is 5.56. The maximum Gasteiger partial charge on any atom is 0.0614 e. The predicted molar refractivity (Wildman–Crippen MR) is 77.1 cm³/mol. The number of nitrogens with zero attached hydrogens (tertiary/aromatic N) is 1. The SMILES string of the molecule is CC(CCN(C)C)Nc1cc(Cl)c(Cl)cc1N. The number of nitrogen functional groups attached to an aromatic ring is 1. The molecule has 1 aromatic carbocycles. The van der Waals surface area contributed by atoms with Gasteiger partial charge in [-0.25, -0.2) is 0 Å². The first kappa shape index (κ1) is 14.4. The van der Waals surface area contributed by atoms with Crippen LogP contribution in [-0.4, -0.2) is 31.6 Å². The Hall–Kier alpha value is -0.640. The van der Waals surface area contributed by atoms with Crippen molar-refractivity contribution in [2.24, 2.45) is 0 Å². The van der Waals surface area contributed by atoms with E-state index in [4.69, 9.17) is 28.9 Å². The molecule has 0 aliphatic carbocycles. The van der Waals surface area contributed by atoms with E-state index >= 15 is 0 Å². The van der Waals surface area contributed by atoms with Crippen molar-refractivity contribution < 1.29 is 0 Å². The molecule has 5 heteroatoms. The summed E-state index contributed by atoms with van der Waals surface area (Å²) in [6.45, 7) is 3.14. The fourth-order valence-electron chi connectivity index (χ4n) is 1.48. The van der Waals surface area contributed by atoms with Gasteiger partial charge in [0.15, 0.2) is 0 Å². The summed E-state index contributed by atoms with van der Waals surface area (Å²) in [5, 5.41) is 4.34. The fourth-order valence-corrected chi connectivity index (χ4v) is 1.81. The summed E-state index contributed by atoms with van der Waals surface area (Å²) in [5.41, 5.74) is 7.34. The molecule has 1 unspecified atom stereocenters. The average molecular weight is 276 g/mol. The first-order valence-corrected chi connectivity index (χ1v) is 6.31. The monoisotopic (exact) mass is 275 g/mol. The van der Waals surface area contributed by atoms with Gasteiger partial charge in [-0.05, 0) is 46.1 Å². The highest BCUT2D eigenvalue weighted by Gasteiger charge is 2.08. The lowest BCUT2D eigenvalue weighted by Gasteiger charge is -2.19. The van der Waals surface area contributed by atoms with Gasteiger partial charge in [0.05, 0.1) is 21.4 Å². The molecule has 0 bridgehead atoms. The quantitative estimate of drug-likeness (QED) is 0.810. The van der Waals surface area contributed by atoms with Crippen LogP contribution in [0.3, 0.4) is 0 Å². The van der Waals surface area contributed by atoms with Crippen LogP contribution in [0.2, 0.25) is 10.0 Å². The minimum absolute atomic E-state index is 0.331. The van der Waals surface area contributed by atoms with Gasteiger partial charge in [-0.15, -0.1) is 0 Å². The Balaban J connectivity index is 2.65. The van der Waals surface area contributed by atoms with E-state index in [1.807, 2.05) is 0 Å². The second kappa shape index (κ2) is 6.34. The highest BCUT2D eigenvalue weighted by molar-refractivity contribution is 6.42. The van der Waals surface area contributed by atoms with Gasteiger partial charge in [0.2, 0.25) is 0 Å². The Morgan fingerprint density at radius 1 is 1.29 bits per heavy atom. The van der Waals surface area contributed by atoms with Gasteiger partial charge in [0.1, 0.15) is 0 Å². The molecule has 0 aliphatic rings. The molecule has 0 aromatic heterocycles. The first-order chi connectivity index (χ1) is 7.90. The molecule has 0 saturated heterocycles. The van der Waals surface area contributed by atoms with Crippen molar-refractivity contribution >= 4 is 34.6 Å². The molecule has 0 saturated carbocycles. The zero-order chi connectivity index (χ0) is 13.0. The number of hydrogen-bond acceptors (Lipinski definition) is 3. The van der Waals surface area contributed by atoms with Crippen LogP contribution in [0.15, 0.2) is 12.1 Å². The molecule has 1 atom stereocenters. The van der Waals surface area contributed by atoms with E-state index in [-0.39, 0.29) is 0 Å². The second-order valence-corrected chi connectivity index (χ2v) is 5.31. The minimum atomic E-state index is 0.331. The smallest absolute Gasteiger partial charge is 0.0614 e. The van der Waals surface area contributed by atoms with Gasteiger partial charge in [0, 0.05) is 6.04 Å². The molecule has 3 N–H and O–H groups in total. The normalized spacial score (nSPS) is 12.8. The van der Waals surface area contributed by atoms with Crippen LogP contribution in [0.4, 0.5) is 11.4 Å². The van der Waals surface area contributed by atoms with Crippen molar-refractivity contribution in [1.29, 1.82) is 0 Å². The van der Waals surface area contributed by atoms with Crippen LogP contribution in [-0.2, 0) is 0 Å². The van der Waals surface area contributed by atoms with Crippen molar-refractivity contribution in [1.82, 2.24) is 4.90 Å². The van der Waals surface area contributed by atoms with Crippen LogP contribution in [0.25, 0.3) is 0 Å². The van der Waals surface area contributed by atoms with Gasteiger partial charge < -0.3 is 16.0 Å².